The van der Waals surface area contributed by atoms with Crippen LogP contribution in [0.25, 0.3) is 0 Å². The normalized spacial score (nSPS) is 16.0. The molecule has 9 heteroatoms. The van der Waals surface area contributed by atoms with Crippen LogP contribution in [0.5, 0.6) is 0 Å². The lowest BCUT2D eigenvalue weighted by molar-refractivity contribution is -0.151. The van der Waals surface area contributed by atoms with E-state index in [0.717, 1.165) is 57.9 Å². The number of hydrogen-bond acceptors (Lipinski definition) is 5. The minimum atomic E-state index is -4.82. The molecule has 1 unspecified atom stereocenters. The largest absolute Gasteiger partial charge is 0.375 e. The maximum Gasteiger partial charge on any atom is 0.375 e. The van der Waals surface area contributed by atoms with Crippen LogP contribution >= 0.6 is 15.2 Å². The predicted molar refractivity (Wildman–Crippen MR) is 136 cm³/mol. The molecule has 0 aromatic heterocycles. The fourth-order valence-corrected chi connectivity index (χ4v) is 5.37. The van der Waals surface area contributed by atoms with Crippen molar-refractivity contribution in [1.82, 2.24) is 0 Å². The Hall–Kier alpha value is -0.780. The molecule has 0 aliphatic rings. The molecule has 0 saturated carbocycles. The molecule has 0 radical (unpaired) electrons. The van der Waals surface area contributed by atoms with E-state index in [9.17, 15) is 18.9 Å². The lowest BCUT2D eigenvalue weighted by Gasteiger charge is -2.30. The summed E-state index contributed by atoms with van der Waals surface area (Å²) in [5.74, 6) is 0. The Labute approximate surface area is 200 Å². The van der Waals surface area contributed by atoms with E-state index >= 15 is 0 Å². The first kappa shape index (κ1) is 32.2. The van der Waals surface area contributed by atoms with Crippen molar-refractivity contribution in [2.24, 2.45) is 0 Å². The predicted octanol–water partition coefficient (Wildman–Crippen LogP) is 8.14. The van der Waals surface area contributed by atoms with Gasteiger partial charge in [0.1, 0.15) is 0 Å². The summed E-state index contributed by atoms with van der Waals surface area (Å²) < 4.78 is 33.1. The maximum atomic E-state index is 12.5. The summed E-state index contributed by atoms with van der Waals surface area (Å²) in [6.07, 6.45) is 15.2. The monoisotopic (exact) mass is 506 g/mol. The van der Waals surface area contributed by atoms with Gasteiger partial charge in [-0.3, -0.25) is 9.13 Å². The van der Waals surface area contributed by atoms with Crippen LogP contribution in [0.4, 0.5) is 0 Å². The number of allylic oxidation sites excluding steroid dienone is 7. The molecule has 0 saturated heterocycles. The third kappa shape index (κ3) is 12.5. The van der Waals surface area contributed by atoms with E-state index in [-0.39, 0.29) is 6.61 Å². The van der Waals surface area contributed by atoms with Gasteiger partial charge in [-0.1, -0.05) is 46.6 Å². The summed E-state index contributed by atoms with van der Waals surface area (Å²) in [6.45, 7) is 12.6. The summed E-state index contributed by atoms with van der Waals surface area (Å²) in [6, 6.07) is 0. The van der Waals surface area contributed by atoms with Crippen LogP contribution in [0.3, 0.4) is 0 Å². The third-order valence-electron chi connectivity index (χ3n) is 5.52. The van der Waals surface area contributed by atoms with Crippen molar-refractivity contribution in [2.75, 3.05) is 6.61 Å². The van der Waals surface area contributed by atoms with Gasteiger partial charge in [0, 0.05) is 0 Å². The molecule has 0 aliphatic heterocycles. The van der Waals surface area contributed by atoms with Gasteiger partial charge in [0.15, 0.2) is 4.90 Å². The minimum absolute atomic E-state index is 0.0905. The summed E-state index contributed by atoms with van der Waals surface area (Å²) in [7, 11) is -9.22. The topological polar surface area (TPSA) is 113 Å². The zero-order valence-corrected chi connectivity index (χ0v) is 23.1. The van der Waals surface area contributed by atoms with Gasteiger partial charge in [0.25, 0.3) is 0 Å². The molecular weight excluding hydrogens is 462 g/mol. The molecule has 192 valence electrons. The van der Waals surface area contributed by atoms with E-state index in [0.29, 0.717) is 6.42 Å². The van der Waals surface area contributed by atoms with Crippen LogP contribution in [0, 0.1) is 0 Å². The molecule has 1 atom stereocenters. The number of rotatable bonds is 16. The van der Waals surface area contributed by atoms with E-state index < -0.39 is 20.1 Å². The molecule has 0 aromatic carbocycles. The Balaban J connectivity index is 4.44. The highest BCUT2D eigenvalue weighted by Crippen LogP contribution is 2.73. The van der Waals surface area contributed by atoms with Gasteiger partial charge in [0.2, 0.25) is 0 Å². The van der Waals surface area contributed by atoms with Gasteiger partial charge in [-0.2, -0.15) is 4.67 Å². The van der Waals surface area contributed by atoms with E-state index in [1.54, 1.807) is 0 Å². The van der Waals surface area contributed by atoms with Crippen molar-refractivity contribution in [1.29, 1.82) is 0 Å². The molecule has 7 nitrogen and oxygen atoms in total. The first-order chi connectivity index (χ1) is 15.2. The van der Waals surface area contributed by atoms with E-state index in [1.165, 1.54) is 16.7 Å². The molecule has 0 bridgehead atoms. The summed E-state index contributed by atoms with van der Waals surface area (Å²) in [4.78, 5) is 16.6. The SMILES string of the molecule is CC(C)=CCC/C(C)=C/CC/C(C)=C/CC/C(C)=C/CCOP(=O)(OO)C(C)(C)P(=O)(O)O. The molecule has 33 heavy (non-hydrogen) atoms. The van der Waals surface area contributed by atoms with Crippen LogP contribution < -0.4 is 0 Å². The van der Waals surface area contributed by atoms with Crippen molar-refractivity contribution < 1.29 is 33.4 Å². The fraction of sp³-hybridized carbons (Fsp3) is 0.667. The quantitative estimate of drug-likeness (QED) is 0.0636. The van der Waals surface area contributed by atoms with Crippen molar-refractivity contribution in [2.45, 2.75) is 98.3 Å². The molecule has 0 aliphatic carbocycles. The highest BCUT2D eigenvalue weighted by atomic mass is 31.2. The average Bonchev–Trinajstić information content (AvgIpc) is 2.69. The van der Waals surface area contributed by atoms with E-state index in [4.69, 9.17) is 9.78 Å². The highest BCUT2D eigenvalue weighted by Gasteiger charge is 2.56. The zero-order chi connectivity index (χ0) is 25.7. The smallest absolute Gasteiger partial charge is 0.324 e. The minimum Gasteiger partial charge on any atom is -0.324 e. The van der Waals surface area contributed by atoms with Crippen LogP contribution in [0.2, 0.25) is 0 Å². The van der Waals surface area contributed by atoms with Crippen molar-refractivity contribution >= 4 is 15.2 Å². The second-order valence-electron chi connectivity index (χ2n) is 9.29. The highest BCUT2D eigenvalue weighted by molar-refractivity contribution is 7.73. The first-order valence-corrected chi connectivity index (χ1v) is 14.6. The standard InChI is InChI=1S/C24H44O7P2/c1-20(2)12-8-13-21(3)14-9-15-22(4)16-10-17-23(5)18-11-19-30-33(29,31-25)24(6,7)32(26,27)28/h12,14,16,18,25H,8-11,13,15,17,19H2,1-7H3,(H2,26,27,28)/b21-14+,22-16+,23-18+. The third-order valence-corrected chi connectivity index (χ3v) is 10.5. The lowest BCUT2D eigenvalue weighted by Crippen LogP contribution is -2.23. The lowest BCUT2D eigenvalue weighted by atomic mass is 10.0. The summed E-state index contributed by atoms with van der Waals surface area (Å²) in [5.41, 5.74) is 5.29. The molecular formula is C24H44O7P2. The Morgan fingerprint density at radius 1 is 0.758 bits per heavy atom. The van der Waals surface area contributed by atoms with Gasteiger partial charge in [-0.05, 0) is 93.4 Å². The Morgan fingerprint density at radius 3 is 1.52 bits per heavy atom. The van der Waals surface area contributed by atoms with Gasteiger partial charge in [0.05, 0.1) is 6.61 Å². The van der Waals surface area contributed by atoms with Gasteiger partial charge in [-0.15, -0.1) is 0 Å². The van der Waals surface area contributed by atoms with Crippen molar-refractivity contribution in [3.8, 4) is 0 Å². The molecule has 0 fully saturated rings. The Bertz CT molecular complexity index is 813. The van der Waals surface area contributed by atoms with Crippen molar-refractivity contribution in [3.63, 3.8) is 0 Å². The van der Waals surface area contributed by atoms with E-state index in [1.807, 2.05) is 13.0 Å². The van der Waals surface area contributed by atoms with Gasteiger partial charge >= 0.3 is 15.2 Å². The Morgan fingerprint density at radius 2 is 1.15 bits per heavy atom. The van der Waals surface area contributed by atoms with Crippen LogP contribution in [-0.2, 0) is 18.3 Å². The second-order valence-corrected chi connectivity index (χ2v) is 14.4. The molecule has 3 N–H and O–H groups in total. The zero-order valence-electron chi connectivity index (χ0n) is 21.3. The van der Waals surface area contributed by atoms with Crippen LogP contribution in [0.15, 0.2) is 46.6 Å². The van der Waals surface area contributed by atoms with Gasteiger partial charge in [-0.25, -0.2) is 5.26 Å². The summed E-state index contributed by atoms with van der Waals surface area (Å²) in [5, 5.41) is 8.95. The van der Waals surface area contributed by atoms with E-state index in [2.05, 4.69) is 50.6 Å². The first-order valence-electron chi connectivity index (χ1n) is 11.4. The van der Waals surface area contributed by atoms with Crippen LogP contribution in [-0.4, -0.2) is 26.5 Å². The molecule has 0 amide bonds. The molecule has 0 aromatic rings. The Kier molecular flexibility index (Phi) is 14.9. The second kappa shape index (κ2) is 15.3. The summed E-state index contributed by atoms with van der Waals surface area (Å²) >= 11 is 0. The number of hydrogen-bond donors (Lipinski definition) is 3. The molecule has 0 spiro atoms. The average molecular weight is 507 g/mol. The molecule has 0 rings (SSSR count). The van der Waals surface area contributed by atoms with Crippen LogP contribution in [0.1, 0.15) is 93.4 Å². The fourth-order valence-electron chi connectivity index (χ4n) is 2.91. The van der Waals surface area contributed by atoms with Gasteiger partial charge < -0.3 is 14.3 Å². The van der Waals surface area contributed by atoms with Crippen molar-refractivity contribution in [3.05, 3.63) is 46.6 Å². The molecule has 0 heterocycles. The maximum absolute atomic E-state index is 12.5.